The molecule has 1 fully saturated rings. The zero-order valence-corrected chi connectivity index (χ0v) is 17.5. The van der Waals surface area contributed by atoms with Crippen molar-refractivity contribution in [1.29, 1.82) is 5.26 Å². The zero-order valence-electron chi connectivity index (χ0n) is 17.5. The molecule has 160 valence electrons. The summed E-state index contributed by atoms with van der Waals surface area (Å²) in [6.07, 6.45) is 0.0682. The second-order valence-corrected chi connectivity index (χ2v) is 7.90. The van der Waals surface area contributed by atoms with Gasteiger partial charge in [-0.2, -0.15) is 5.26 Å². The molecule has 0 saturated carbocycles. The second-order valence-electron chi connectivity index (χ2n) is 7.90. The quantitative estimate of drug-likeness (QED) is 0.495. The van der Waals surface area contributed by atoms with Crippen LogP contribution in [0, 0.1) is 17.2 Å². The molecular formula is C21H26N4O5. The molecule has 0 aliphatic carbocycles. The number of rotatable bonds is 8. The van der Waals surface area contributed by atoms with E-state index in [1.807, 2.05) is 19.9 Å². The van der Waals surface area contributed by atoms with Crippen LogP contribution in [0.3, 0.4) is 0 Å². The number of benzene rings is 1. The van der Waals surface area contributed by atoms with Gasteiger partial charge in [0.1, 0.15) is 12.1 Å². The molecule has 2 rings (SSSR count). The number of carbonyl (C=O) groups excluding carboxylic acids is 4. The number of hydrogen-bond acceptors (Lipinski definition) is 6. The van der Waals surface area contributed by atoms with Gasteiger partial charge in [-0.1, -0.05) is 13.8 Å². The lowest BCUT2D eigenvalue weighted by atomic mass is 9.92. The number of nitrogens with zero attached hydrogens (tertiary/aromatic N) is 2. The summed E-state index contributed by atoms with van der Waals surface area (Å²) in [6, 6.07) is 7.50. The highest BCUT2D eigenvalue weighted by molar-refractivity contribution is 6.08. The molecule has 0 spiro atoms. The minimum Gasteiger partial charge on any atom is -0.451 e. The molecule has 1 heterocycles. The first kappa shape index (κ1) is 22.9. The lowest BCUT2D eigenvalue weighted by Gasteiger charge is -2.22. The van der Waals surface area contributed by atoms with Crippen molar-refractivity contribution in [3.8, 4) is 6.07 Å². The molecule has 1 aromatic carbocycles. The van der Waals surface area contributed by atoms with E-state index in [9.17, 15) is 19.2 Å². The molecule has 2 atom stereocenters. The number of nitrogens with one attached hydrogen (secondary N) is 2. The maximum Gasteiger partial charge on any atom is 0.327 e. The summed E-state index contributed by atoms with van der Waals surface area (Å²) in [5, 5.41) is 14.0. The minimum absolute atomic E-state index is 0.362. The highest BCUT2D eigenvalue weighted by atomic mass is 16.5. The average molecular weight is 414 g/mol. The Morgan fingerprint density at radius 1 is 1.23 bits per heavy atom. The van der Waals surface area contributed by atoms with Crippen LogP contribution in [-0.4, -0.2) is 46.9 Å². The first-order chi connectivity index (χ1) is 14.1. The van der Waals surface area contributed by atoms with Crippen LogP contribution in [-0.2, 0) is 19.1 Å². The molecule has 0 bridgehead atoms. The summed E-state index contributed by atoms with van der Waals surface area (Å²) in [5.41, 5.74) is -0.168. The van der Waals surface area contributed by atoms with Crippen molar-refractivity contribution < 1.29 is 23.9 Å². The number of carbonyl (C=O) groups is 4. The molecule has 0 aromatic heterocycles. The Balaban J connectivity index is 1.90. The van der Waals surface area contributed by atoms with Gasteiger partial charge in [0.25, 0.3) is 11.8 Å². The summed E-state index contributed by atoms with van der Waals surface area (Å²) in [7, 11) is 0. The van der Waals surface area contributed by atoms with Crippen LogP contribution in [0.15, 0.2) is 24.3 Å². The van der Waals surface area contributed by atoms with Crippen LogP contribution in [0.25, 0.3) is 0 Å². The Morgan fingerprint density at radius 3 is 2.43 bits per heavy atom. The highest BCUT2D eigenvalue weighted by Gasteiger charge is 2.48. The fourth-order valence-electron chi connectivity index (χ4n) is 2.93. The van der Waals surface area contributed by atoms with Crippen LogP contribution in [0.1, 0.15) is 46.1 Å². The third-order valence-corrected chi connectivity index (χ3v) is 4.81. The topological polar surface area (TPSA) is 129 Å². The van der Waals surface area contributed by atoms with Crippen LogP contribution in [0.2, 0.25) is 0 Å². The van der Waals surface area contributed by atoms with Crippen molar-refractivity contribution in [1.82, 2.24) is 10.2 Å². The van der Waals surface area contributed by atoms with Gasteiger partial charge in [-0.25, -0.2) is 4.79 Å². The van der Waals surface area contributed by atoms with Crippen molar-refractivity contribution in [2.24, 2.45) is 5.92 Å². The monoisotopic (exact) mass is 414 g/mol. The van der Waals surface area contributed by atoms with Gasteiger partial charge in [0.15, 0.2) is 6.10 Å². The second kappa shape index (κ2) is 9.39. The molecule has 1 aliphatic heterocycles. The predicted octanol–water partition coefficient (Wildman–Crippen LogP) is 2.18. The van der Waals surface area contributed by atoms with Gasteiger partial charge in [-0.05, 0) is 56.9 Å². The number of hydrogen-bond donors (Lipinski definition) is 2. The van der Waals surface area contributed by atoms with E-state index in [0.717, 1.165) is 11.3 Å². The molecule has 2 N–H and O–H groups in total. The molecule has 1 saturated heterocycles. The van der Waals surface area contributed by atoms with E-state index >= 15 is 0 Å². The maximum absolute atomic E-state index is 12.6. The first-order valence-electron chi connectivity index (χ1n) is 9.70. The van der Waals surface area contributed by atoms with Crippen molar-refractivity contribution in [2.45, 2.75) is 52.2 Å². The van der Waals surface area contributed by atoms with Crippen molar-refractivity contribution >= 4 is 29.5 Å². The lowest BCUT2D eigenvalue weighted by molar-refractivity contribution is -0.155. The van der Waals surface area contributed by atoms with E-state index < -0.39 is 42.0 Å². The number of urea groups is 1. The lowest BCUT2D eigenvalue weighted by Crippen LogP contribution is -2.44. The van der Waals surface area contributed by atoms with Gasteiger partial charge in [-0.3, -0.25) is 19.3 Å². The van der Waals surface area contributed by atoms with Crippen LogP contribution in [0.4, 0.5) is 10.5 Å². The Bertz CT molecular complexity index is 874. The van der Waals surface area contributed by atoms with Crippen LogP contribution in [0.5, 0.6) is 0 Å². The third kappa shape index (κ3) is 5.56. The molecule has 0 unspecified atom stereocenters. The van der Waals surface area contributed by atoms with Gasteiger partial charge in [0.05, 0.1) is 11.6 Å². The number of ether oxygens (including phenoxy) is 1. The Hall–Kier alpha value is -3.41. The smallest absolute Gasteiger partial charge is 0.327 e. The molecule has 9 nitrogen and oxygen atoms in total. The number of anilines is 1. The predicted molar refractivity (Wildman–Crippen MR) is 108 cm³/mol. The molecule has 30 heavy (non-hydrogen) atoms. The first-order valence-corrected chi connectivity index (χ1v) is 9.70. The number of imide groups is 1. The molecule has 1 aliphatic rings. The Kier molecular flexibility index (Phi) is 7.16. The van der Waals surface area contributed by atoms with Crippen LogP contribution >= 0.6 is 0 Å². The van der Waals surface area contributed by atoms with Gasteiger partial charge in [-0.15, -0.1) is 0 Å². The average Bonchev–Trinajstić information content (AvgIpc) is 2.90. The maximum atomic E-state index is 12.6. The summed E-state index contributed by atoms with van der Waals surface area (Å²) in [4.78, 5) is 50.0. The molecule has 0 radical (unpaired) electrons. The van der Waals surface area contributed by atoms with Crippen molar-refractivity contribution in [2.75, 3.05) is 11.9 Å². The fraction of sp³-hybridized carbons (Fsp3) is 0.476. The largest absolute Gasteiger partial charge is 0.451 e. The summed E-state index contributed by atoms with van der Waals surface area (Å²) < 4.78 is 5.08. The molecule has 9 heteroatoms. The fourth-order valence-corrected chi connectivity index (χ4v) is 2.93. The third-order valence-electron chi connectivity index (χ3n) is 4.81. The van der Waals surface area contributed by atoms with E-state index in [1.165, 1.54) is 6.92 Å². The van der Waals surface area contributed by atoms with Crippen molar-refractivity contribution in [3.63, 3.8) is 0 Å². The van der Waals surface area contributed by atoms with Gasteiger partial charge in [0.2, 0.25) is 0 Å². The molecular weight excluding hydrogens is 388 g/mol. The summed E-state index contributed by atoms with van der Waals surface area (Å²) in [6.45, 7) is 6.48. The number of esters is 1. The number of amides is 4. The Morgan fingerprint density at radius 2 is 1.87 bits per heavy atom. The van der Waals surface area contributed by atoms with Crippen molar-refractivity contribution in [3.05, 3.63) is 29.8 Å². The zero-order chi connectivity index (χ0) is 22.5. The SMILES string of the molecule is CC(C)CC[C@@]1(C)NC(=O)N(CC(=O)O[C@@H](C)C(=O)Nc2ccc(C#N)cc2)C1=O. The summed E-state index contributed by atoms with van der Waals surface area (Å²) >= 11 is 0. The van der Waals surface area contributed by atoms with E-state index in [0.29, 0.717) is 23.6 Å². The molecule has 1 aromatic rings. The van der Waals surface area contributed by atoms with Gasteiger partial charge < -0.3 is 15.4 Å². The minimum atomic E-state index is -1.14. The Labute approximate surface area is 175 Å². The standard InChI is InChI=1S/C21H26N4O5/c1-13(2)9-10-21(4)19(28)25(20(29)24-21)12-17(26)30-14(3)18(27)23-16-7-5-15(11-22)6-8-16/h5-8,13-14H,9-10,12H2,1-4H3,(H,23,27)(H,24,29)/t14-,21+/m0/s1. The van der Waals surface area contributed by atoms with Gasteiger partial charge in [0, 0.05) is 5.69 Å². The summed E-state index contributed by atoms with van der Waals surface area (Å²) in [5.74, 6) is -1.57. The normalized spacial score (nSPS) is 19.3. The number of nitriles is 1. The van der Waals surface area contributed by atoms with E-state index in [2.05, 4.69) is 10.6 Å². The molecule has 4 amide bonds. The van der Waals surface area contributed by atoms with E-state index in [4.69, 9.17) is 10.00 Å². The van der Waals surface area contributed by atoms with E-state index in [-0.39, 0.29) is 0 Å². The van der Waals surface area contributed by atoms with Crippen LogP contribution < -0.4 is 10.6 Å². The highest BCUT2D eigenvalue weighted by Crippen LogP contribution is 2.24. The van der Waals surface area contributed by atoms with Gasteiger partial charge >= 0.3 is 12.0 Å². The van der Waals surface area contributed by atoms with E-state index in [1.54, 1.807) is 31.2 Å².